The summed E-state index contributed by atoms with van der Waals surface area (Å²) >= 11 is 0. The highest BCUT2D eigenvalue weighted by molar-refractivity contribution is 5.99. The van der Waals surface area contributed by atoms with Crippen LogP contribution in [0.25, 0.3) is 5.65 Å². The molecule has 4 aromatic rings. The van der Waals surface area contributed by atoms with Crippen molar-refractivity contribution in [1.29, 1.82) is 0 Å². The summed E-state index contributed by atoms with van der Waals surface area (Å²) < 4.78 is 15.1. The maximum atomic E-state index is 13.3. The van der Waals surface area contributed by atoms with Gasteiger partial charge < -0.3 is 15.5 Å². The number of amides is 1. The fraction of sp³-hybridized carbons (Fsp3) is 0.348. The van der Waals surface area contributed by atoms with Crippen LogP contribution in [0.4, 0.5) is 27.9 Å². The van der Waals surface area contributed by atoms with Gasteiger partial charge >= 0.3 is 0 Å². The van der Waals surface area contributed by atoms with Gasteiger partial charge in [0.15, 0.2) is 5.82 Å². The highest BCUT2D eigenvalue weighted by atomic mass is 19.1. The summed E-state index contributed by atoms with van der Waals surface area (Å²) in [5, 5.41) is 13.6. The van der Waals surface area contributed by atoms with E-state index in [1.165, 1.54) is 25.0 Å². The first kappa shape index (κ1) is 20.6. The molecule has 1 amide bonds. The molecule has 174 valence electrons. The Morgan fingerprint density at radius 3 is 2.91 bits per heavy atom. The number of anilines is 4. The third-order valence-corrected chi connectivity index (χ3v) is 6.57. The molecular weight excluding hydrogens is 437 g/mol. The highest BCUT2D eigenvalue weighted by Crippen LogP contribution is 2.40. The Morgan fingerprint density at radius 1 is 1.24 bits per heavy atom. The Hall–Kier alpha value is -4.02. The molecule has 1 saturated carbocycles. The average Bonchev–Trinajstić information content (AvgIpc) is 3.20. The molecule has 0 unspecified atom stereocenters. The first-order valence-corrected chi connectivity index (χ1v) is 11.4. The first-order chi connectivity index (χ1) is 16.5. The lowest BCUT2D eigenvalue weighted by Crippen LogP contribution is -2.51. The Bertz CT molecular complexity index is 1360. The fourth-order valence-electron chi connectivity index (χ4n) is 4.47. The van der Waals surface area contributed by atoms with Crippen molar-refractivity contribution < 1.29 is 9.18 Å². The molecule has 0 radical (unpaired) electrons. The van der Waals surface area contributed by atoms with Gasteiger partial charge in [0.05, 0.1) is 6.20 Å². The average molecular weight is 462 g/mol. The van der Waals surface area contributed by atoms with E-state index in [1.54, 1.807) is 0 Å². The lowest BCUT2D eigenvalue weighted by atomic mass is 9.98. The summed E-state index contributed by atoms with van der Waals surface area (Å²) in [7, 11) is 0. The van der Waals surface area contributed by atoms with Crippen LogP contribution in [0.2, 0.25) is 0 Å². The van der Waals surface area contributed by atoms with E-state index in [1.807, 2.05) is 40.6 Å². The van der Waals surface area contributed by atoms with Crippen LogP contribution >= 0.6 is 0 Å². The summed E-state index contributed by atoms with van der Waals surface area (Å²) in [6.07, 6.45) is 6.77. The van der Waals surface area contributed by atoms with Crippen LogP contribution in [0, 0.1) is 5.82 Å². The number of hydrogen-bond donors (Lipinski definition) is 3. The van der Waals surface area contributed by atoms with Crippen molar-refractivity contribution in [3.63, 3.8) is 0 Å². The number of fused-ring (bicyclic) bond motifs is 1. The number of halogens is 1. The zero-order chi connectivity index (χ0) is 23.3. The number of nitrogens with zero attached hydrogens (tertiary/aromatic N) is 6. The first-order valence-electron chi connectivity index (χ1n) is 11.4. The van der Waals surface area contributed by atoms with Crippen molar-refractivity contribution in [2.24, 2.45) is 0 Å². The second-order valence-corrected chi connectivity index (χ2v) is 9.04. The van der Waals surface area contributed by atoms with Gasteiger partial charge in [-0.3, -0.25) is 14.3 Å². The molecule has 3 N–H and O–H groups in total. The molecule has 34 heavy (non-hydrogen) atoms. The number of aromatic nitrogens is 6. The van der Waals surface area contributed by atoms with E-state index < -0.39 is 11.4 Å². The van der Waals surface area contributed by atoms with Gasteiger partial charge in [-0.1, -0.05) is 0 Å². The second kappa shape index (κ2) is 7.79. The number of rotatable bonds is 6. The summed E-state index contributed by atoms with van der Waals surface area (Å²) in [6.45, 7) is 2.50. The largest absolute Gasteiger partial charge is 0.326 e. The minimum Gasteiger partial charge on any atom is -0.326 e. The van der Waals surface area contributed by atoms with Crippen LogP contribution in [0.1, 0.15) is 44.2 Å². The molecule has 10 nitrogen and oxygen atoms in total. The summed E-state index contributed by atoms with van der Waals surface area (Å²) in [5.74, 6) is 1.87. The summed E-state index contributed by atoms with van der Waals surface area (Å²) in [5.41, 5.74) is 0.947. The predicted molar refractivity (Wildman–Crippen MR) is 125 cm³/mol. The van der Waals surface area contributed by atoms with Crippen LogP contribution in [0.3, 0.4) is 0 Å². The van der Waals surface area contributed by atoms with Gasteiger partial charge in [-0.05, 0) is 56.9 Å². The van der Waals surface area contributed by atoms with E-state index in [-0.39, 0.29) is 5.91 Å². The van der Waals surface area contributed by atoms with Crippen LogP contribution in [0.15, 0.2) is 42.7 Å². The number of carbonyl (C=O) groups excluding carboxylic acids is 1. The molecule has 2 aliphatic rings. The third kappa shape index (κ3) is 3.62. The Kier molecular flexibility index (Phi) is 4.71. The molecule has 1 atom stereocenters. The molecule has 0 bridgehead atoms. The van der Waals surface area contributed by atoms with Crippen molar-refractivity contribution in [1.82, 2.24) is 29.5 Å². The molecule has 11 heteroatoms. The lowest BCUT2D eigenvalue weighted by Gasteiger charge is -2.34. The molecule has 1 aliphatic carbocycles. The van der Waals surface area contributed by atoms with Crippen LogP contribution in [-0.4, -0.2) is 47.5 Å². The zero-order valence-corrected chi connectivity index (χ0v) is 18.6. The minimum absolute atomic E-state index is 0.237. The van der Waals surface area contributed by atoms with E-state index in [0.717, 1.165) is 18.3 Å². The van der Waals surface area contributed by atoms with Crippen LogP contribution in [-0.2, 0) is 4.79 Å². The van der Waals surface area contributed by atoms with E-state index in [2.05, 4.69) is 25.8 Å². The van der Waals surface area contributed by atoms with Gasteiger partial charge in [-0.2, -0.15) is 15.1 Å². The number of carbonyl (C=O) groups is 1. The normalized spacial score (nSPS) is 20.1. The maximum Gasteiger partial charge on any atom is 0.251 e. The third-order valence-electron chi connectivity index (χ3n) is 6.57. The number of aromatic amines is 1. The lowest BCUT2D eigenvalue weighted by molar-refractivity contribution is -0.120. The second-order valence-electron chi connectivity index (χ2n) is 9.04. The van der Waals surface area contributed by atoms with Gasteiger partial charge in [0.2, 0.25) is 11.9 Å². The molecule has 2 fully saturated rings. The number of pyridine rings is 1. The van der Waals surface area contributed by atoms with Crippen LogP contribution < -0.4 is 15.5 Å². The molecule has 5 heterocycles. The Labute approximate surface area is 194 Å². The van der Waals surface area contributed by atoms with Gasteiger partial charge in [-0.15, -0.1) is 0 Å². The van der Waals surface area contributed by atoms with Gasteiger partial charge in [0, 0.05) is 30.4 Å². The van der Waals surface area contributed by atoms with E-state index in [9.17, 15) is 9.18 Å². The van der Waals surface area contributed by atoms with Crippen LogP contribution in [0.5, 0.6) is 0 Å². The van der Waals surface area contributed by atoms with Gasteiger partial charge in [0.1, 0.15) is 22.8 Å². The van der Waals surface area contributed by atoms with E-state index in [0.29, 0.717) is 48.1 Å². The fourth-order valence-corrected chi connectivity index (χ4v) is 4.47. The van der Waals surface area contributed by atoms with Crippen molar-refractivity contribution in [3.05, 3.63) is 54.2 Å². The van der Waals surface area contributed by atoms with Crippen molar-refractivity contribution >= 4 is 35.1 Å². The van der Waals surface area contributed by atoms with E-state index >= 15 is 0 Å². The van der Waals surface area contributed by atoms with Gasteiger partial charge in [-0.25, -0.2) is 9.37 Å². The van der Waals surface area contributed by atoms with Crippen molar-refractivity contribution in [2.45, 2.75) is 44.1 Å². The molecule has 1 aliphatic heterocycles. The predicted octanol–water partition coefficient (Wildman–Crippen LogP) is 3.61. The molecule has 6 rings (SSSR count). The zero-order valence-electron chi connectivity index (χ0n) is 18.6. The minimum atomic E-state index is -0.885. The summed E-state index contributed by atoms with van der Waals surface area (Å²) in [6, 6.07) is 8.52. The number of hydrogen-bond acceptors (Lipinski definition) is 7. The van der Waals surface area contributed by atoms with Crippen molar-refractivity contribution in [3.8, 4) is 0 Å². The topological polar surface area (TPSA) is 116 Å². The quantitative estimate of drug-likeness (QED) is 0.402. The Balaban J connectivity index is 1.31. The molecule has 4 aromatic heterocycles. The SMILES string of the molecule is C[C@@]1(C(=O)Nc2ccc(F)cn2)CCCN1c1nc(Nc2cc(C3CC3)[nH]n2)n2cccc2n1. The Morgan fingerprint density at radius 2 is 2.12 bits per heavy atom. The smallest absolute Gasteiger partial charge is 0.251 e. The number of nitrogens with one attached hydrogen (secondary N) is 3. The van der Waals surface area contributed by atoms with Crippen molar-refractivity contribution in [2.75, 3.05) is 22.1 Å². The standard InChI is InChI=1S/C23H24FN9O/c1-23(20(34)26-17-8-7-15(24)13-25-17)9-3-11-33(23)22-28-19-4-2-10-32(19)21(29-22)27-18-12-16(30-31-18)14-5-6-14/h2,4,7-8,10,12-14H,3,5-6,9,11H2,1H3,(H,25,26,34)(H2,27,28,29,30,31)/t23-/m0/s1. The van der Waals surface area contributed by atoms with Gasteiger partial charge in [0.25, 0.3) is 5.91 Å². The monoisotopic (exact) mass is 461 g/mol. The molecule has 0 aromatic carbocycles. The highest BCUT2D eigenvalue weighted by Gasteiger charge is 2.45. The molecule has 1 saturated heterocycles. The summed E-state index contributed by atoms with van der Waals surface area (Å²) in [4.78, 5) is 28.7. The maximum absolute atomic E-state index is 13.3. The number of H-pyrrole nitrogens is 1. The molecular formula is C23H24FN9O. The molecule has 0 spiro atoms. The van der Waals surface area contributed by atoms with E-state index in [4.69, 9.17) is 9.97 Å².